The van der Waals surface area contributed by atoms with Gasteiger partial charge in [-0.25, -0.2) is 4.39 Å². The van der Waals surface area contributed by atoms with E-state index in [0.29, 0.717) is 17.5 Å². The molecule has 1 N–H and O–H groups in total. The van der Waals surface area contributed by atoms with E-state index in [1.54, 1.807) is 6.07 Å². The highest BCUT2D eigenvalue weighted by Crippen LogP contribution is 2.25. The summed E-state index contributed by atoms with van der Waals surface area (Å²) in [4.78, 5) is 0. The van der Waals surface area contributed by atoms with Gasteiger partial charge in [0.2, 0.25) is 0 Å². The first-order valence-electron chi connectivity index (χ1n) is 6.34. The molecule has 0 spiro atoms. The maximum atomic E-state index is 13.2. The van der Waals surface area contributed by atoms with Crippen LogP contribution in [0.2, 0.25) is 5.02 Å². The van der Waals surface area contributed by atoms with Crippen LogP contribution in [0.25, 0.3) is 0 Å². The Balaban J connectivity index is 2.17. The van der Waals surface area contributed by atoms with Gasteiger partial charge in [-0.1, -0.05) is 43.6 Å². The first kappa shape index (κ1) is 13.9. The third kappa shape index (κ3) is 3.48. The molecule has 0 atom stereocenters. The van der Waals surface area contributed by atoms with E-state index in [0.717, 1.165) is 11.3 Å². The van der Waals surface area contributed by atoms with Crippen molar-refractivity contribution in [1.29, 1.82) is 0 Å². The molecule has 0 amide bonds. The van der Waals surface area contributed by atoms with Crippen LogP contribution < -0.4 is 5.32 Å². The van der Waals surface area contributed by atoms with Crippen LogP contribution >= 0.6 is 11.6 Å². The van der Waals surface area contributed by atoms with Gasteiger partial charge in [0.15, 0.2) is 0 Å². The molecular weight excluding hydrogens is 261 g/mol. The van der Waals surface area contributed by atoms with E-state index in [1.165, 1.54) is 17.7 Å². The van der Waals surface area contributed by atoms with Crippen molar-refractivity contribution < 1.29 is 4.39 Å². The van der Waals surface area contributed by atoms with E-state index in [-0.39, 0.29) is 5.82 Å². The number of halogens is 2. The average molecular weight is 278 g/mol. The summed E-state index contributed by atoms with van der Waals surface area (Å²) in [6.45, 7) is 4.81. The molecule has 0 aliphatic rings. The average Bonchev–Trinajstić information content (AvgIpc) is 2.40. The van der Waals surface area contributed by atoms with Crippen LogP contribution in [0, 0.1) is 5.82 Å². The van der Waals surface area contributed by atoms with Crippen molar-refractivity contribution in [3.8, 4) is 0 Å². The van der Waals surface area contributed by atoms with E-state index >= 15 is 0 Å². The highest BCUT2D eigenvalue weighted by Gasteiger charge is 2.07. The molecule has 0 saturated heterocycles. The zero-order chi connectivity index (χ0) is 13.8. The third-order valence-corrected chi connectivity index (χ3v) is 3.43. The molecule has 0 aliphatic carbocycles. The number of para-hydroxylation sites is 1. The van der Waals surface area contributed by atoms with Gasteiger partial charge in [0.1, 0.15) is 5.82 Å². The van der Waals surface area contributed by atoms with Crippen LogP contribution in [-0.2, 0) is 6.54 Å². The fourth-order valence-corrected chi connectivity index (χ4v) is 2.22. The molecular formula is C16H17ClFN. The van der Waals surface area contributed by atoms with Gasteiger partial charge < -0.3 is 5.32 Å². The topological polar surface area (TPSA) is 12.0 Å². The van der Waals surface area contributed by atoms with E-state index in [2.05, 4.69) is 25.2 Å². The fourth-order valence-electron chi connectivity index (χ4n) is 2.03. The van der Waals surface area contributed by atoms with Crippen molar-refractivity contribution in [3.05, 3.63) is 64.4 Å². The molecule has 2 aromatic rings. The van der Waals surface area contributed by atoms with Gasteiger partial charge in [0, 0.05) is 17.3 Å². The molecule has 0 saturated carbocycles. The molecule has 0 fully saturated rings. The lowest BCUT2D eigenvalue weighted by Crippen LogP contribution is -2.04. The minimum Gasteiger partial charge on any atom is -0.381 e. The molecule has 2 rings (SSSR count). The molecule has 100 valence electrons. The summed E-state index contributed by atoms with van der Waals surface area (Å²) in [5, 5.41) is 3.91. The molecule has 0 heterocycles. The molecule has 0 aliphatic heterocycles. The molecule has 0 radical (unpaired) electrons. The van der Waals surface area contributed by atoms with Crippen molar-refractivity contribution in [2.75, 3.05) is 5.32 Å². The molecule has 0 bridgehead atoms. The summed E-state index contributed by atoms with van der Waals surface area (Å²) in [5.74, 6) is 0.171. The van der Waals surface area contributed by atoms with Crippen molar-refractivity contribution in [2.24, 2.45) is 0 Å². The Morgan fingerprint density at radius 3 is 2.63 bits per heavy atom. The third-order valence-electron chi connectivity index (χ3n) is 3.06. The predicted octanol–water partition coefficient (Wildman–Crippen LogP) is 5.21. The van der Waals surface area contributed by atoms with Gasteiger partial charge in [0.25, 0.3) is 0 Å². The van der Waals surface area contributed by atoms with Crippen LogP contribution in [0.4, 0.5) is 10.1 Å². The Hall–Kier alpha value is -1.54. The molecule has 3 heteroatoms. The lowest BCUT2D eigenvalue weighted by atomic mass is 10.0. The number of nitrogens with one attached hydrogen (secondary N) is 1. The number of hydrogen-bond acceptors (Lipinski definition) is 1. The van der Waals surface area contributed by atoms with Crippen molar-refractivity contribution >= 4 is 17.3 Å². The minimum absolute atomic E-state index is 0.265. The monoisotopic (exact) mass is 277 g/mol. The fraction of sp³-hybridized carbons (Fsp3) is 0.250. The standard InChI is InChI=1S/C16H17ClFN/c1-11(2)14-5-3-4-6-16(14)19-10-12-9-13(18)7-8-15(12)17/h3-9,11,19H,10H2,1-2H3. The normalized spacial score (nSPS) is 10.8. The summed E-state index contributed by atoms with van der Waals surface area (Å²) in [7, 11) is 0. The summed E-state index contributed by atoms with van der Waals surface area (Å²) in [6, 6.07) is 12.6. The zero-order valence-corrected chi connectivity index (χ0v) is 11.8. The van der Waals surface area contributed by atoms with Crippen LogP contribution in [0.3, 0.4) is 0 Å². The number of benzene rings is 2. The second kappa shape index (κ2) is 6.07. The molecule has 1 nitrogen and oxygen atoms in total. The number of anilines is 1. The summed E-state index contributed by atoms with van der Waals surface area (Å²) >= 11 is 6.06. The van der Waals surface area contributed by atoms with Gasteiger partial charge in [-0.2, -0.15) is 0 Å². The minimum atomic E-state index is -0.265. The first-order chi connectivity index (χ1) is 9.08. The van der Waals surface area contributed by atoms with Gasteiger partial charge in [0.05, 0.1) is 0 Å². The molecule has 19 heavy (non-hydrogen) atoms. The van der Waals surface area contributed by atoms with Gasteiger partial charge >= 0.3 is 0 Å². The van der Waals surface area contributed by atoms with E-state index < -0.39 is 0 Å². The first-order valence-corrected chi connectivity index (χ1v) is 6.72. The maximum absolute atomic E-state index is 13.2. The second-order valence-electron chi connectivity index (χ2n) is 4.83. The lowest BCUT2D eigenvalue weighted by Gasteiger charge is -2.15. The van der Waals surface area contributed by atoms with Crippen LogP contribution in [0.1, 0.15) is 30.9 Å². The largest absolute Gasteiger partial charge is 0.381 e. The van der Waals surface area contributed by atoms with E-state index in [1.807, 2.05) is 18.2 Å². The Morgan fingerprint density at radius 2 is 1.89 bits per heavy atom. The lowest BCUT2D eigenvalue weighted by molar-refractivity contribution is 0.626. The Kier molecular flexibility index (Phi) is 4.43. The summed E-state index contributed by atoms with van der Waals surface area (Å²) < 4.78 is 13.2. The van der Waals surface area contributed by atoms with Crippen molar-refractivity contribution in [3.63, 3.8) is 0 Å². The van der Waals surface area contributed by atoms with Gasteiger partial charge in [-0.05, 0) is 41.3 Å². The SMILES string of the molecule is CC(C)c1ccccc1NCc1cc(F)ccc1Cl. The van der Waals surface area contributed by atoms with Crippen molar-refractivity contribution in [1.82, 2.24) is 0 Å². The predicted molar refractivity (Wildman–Crippen MR) is 79.3 cm³/mol. The quantitative estimate of drug-likeness (QED) is 0.808. The number of hydrogen-bond donors (Lipinski definition) is 1. The van der Waals surface area contributed by atoms with E-state index in [4.69, 9.17) is 11.6 Å². The highest BCUT2D eigenvalue weighted by atomic mass is 35.5. The molecule has 2 aromatic carbocycles. The van der Waals surface area contributed by atoms with E-state index in [9.17, 15) is 4.39 Å². The van der Waals surface area contributed by atoms with Crippen molar-refractivity contribution in [2.45, 2.75) is 26.3 Å². The molecule has 0 unspecified atom stereocenters. The van der Waals surface area contributed by atoms with Crippen LogP contribution in [0.15, 0.2) is 42.5 Å². The van der Waals surface area contributed by atoms with Crippen LogP contribution in [0.5, 0.6) is 0 Å². The zero-order valence-electron chi connectivity index (χ0n) is 11.1. The highest BCUT2D eigenvalue weighted by molar-refractivity contribution is 6.31. The summed E-state index contributed by atoms with van der Waals surface area (Å²) in [6.07, 6.45) is 0. The second-order valence-corrected chi connectivity index (χ2v) is 5.24. The number of rotatable bonds is 4. The Bertz CT molecular complexity index is 566. The Labute approximate surface area is 118 Å². The summed E-state index contributed by atoms with van der Waals surface area (Å²) in [5.41, 5.74) is 3.08. The van der Waals surface area contributed by atoms with Gasteiger partial charge in [-0.3, -0.25) is 0 Å². The maximum Gasteiger partial charge on any atom is 0.123 e. The smallest absolute Gasteiger partial charge is 0.123 e. The van der Waals surface area contributed by atoms with Crippen LogP contribution in [-0.4, -0.2) is 0 Å². The van der Waals surface area contributed by atoms with Gasteiger partial charge in [-0.15, -0.1) is 0 Å². The molecule has 0 aromatic heterocycles. The Morgan fingerprint density at radius 1 is 1.16 bits per heavy atom.